The molecular formula is C14H18N4O3. The van der Waals surface area contributed by atoms with Gasteiger partial charge in [-0.05, 0) is 25.0 Å². The Kier molecular flexibility index (Phi) is 3.74. The van der Waals surface area contributed by atoms with Crippen molar-refractivity contribution in [3.05, 3.63) is 34.9 Å². The van der Waals surface area contributed by atoms with Crippen molar-refractivity contribution in [2.24, 2.45) is 0 Å². The monoisotopic (exact) mass is 290 g/mol. The molecule has 21 heavy (non-hydrogen) atoms. The zero-order chi connectivity index (χ0) is 14.8. The third-order valence-corrected chi connectivity index (χ3v) is 3.86. The Bertz CT molecular complexity index is 706. The summed E-state index contributed by atoms with van der Waals surface area (Å²) in [6.07, 6.45) is 4.58. The van der Waals surface area contributed by atoms with E-state index in [-0.39, 0.29) is 24.2 Å². The number of amides is 1. The fraction of sp³-hybridized carbons (Fsp3) is 0.500. The summed E-state index contributed by atoms with van der Waals surface area (Å²) in [5.41, 5.74) is 0.165. The van der Waals surface area contributed by atoms with E-state index < -0.39 is 6.10 Å². The van der Waals surface area contributed by atoms with Gasteiger partial charge in [0.1, 0.15) is 6.54 Å². The van der Waals surface area contributed by atoms with Gasteiger partial charge in [0.25, 0.3) is 0 Å². The number of carbonyl (C=O) groups excluding carboxylic acids is 1. The summed E-state index contributed by atoms with van der Waals surface area (Å²) in [5, 5.41) is 16.7. The van der Waals surface area contributed by atoms with Crippen molar-refractivity contribution in [3.63, 3.8) is 0 Å². The highest BCUT2D eigenvalue weighted by Crippen LogP contribution is 2.18. The number of rotatable bonds is 3. The normalized spacial score (nSPS) is 22.3. The first-order valence-electron chi connectivity index (χ1n) is 7.17. The van der Waals surface area contributed by atoms with E-state index in [2.05, 4.69) is 10.4 Å². The Balaban J connectivity index is 1.71. The summed E-state index contributed by atoms with van der Waals surface area (Å²) < 4.78 is 2.53. The van der Waals surface area contributed by atoms with Crippen LogP contribution in [-0.2, 0) is 11.3 Å². The fourth-order valence-corrected chi connectivity index (χ4v) is 2.74. The maximum atomic E-state index is 12.1. The van der Waals surface area contributed by atoms with Crippen LogP contribution >= 0.6 is 0 Å². The molecule has 1 aliphatic carbocycles. The van der Waals surface area contributed by atoms with E-state index in [0.29, 0.717) is 12.1 Å². The minimum absolute atomic E-state index is 0.135. The number of carbonyl (C=O) groups is 1. The molecule has 112 valence electrons. The minimum Gasteiger partial charge on any atom is -0.391 e. The maximum Gasteiger partial charge on any atom is 0.350 e. The SMILES string of the molecule is O=C(Cn1nc2ccccn2c1=O)N[C@@H]1CCCC[C@H]1O. The fourth-order valence-electron chi connectivity index (χ4n) is 2.74. The first-order valence-corrected chi connectivity index (χ1v) is 7.17. The molecule has 7 heteroatoms. The molecule has 0 bridgehead atoms. The second-order valence-electron chi connectivity index (χ2n) is 5.39. The molecule has 0 spiro atoms. The van der Waals surface area contributed by atoms with Crippen molar-refractivity contribution in [1.29, 1.82) is 0 Å². The number of pyridine rings is 1. The van der Waals surface area contributed by atoms with E-state index in [1.807, 2.05) is 0 Å². The van der Waals surface area contributed by atoms with Crippen molar-refractivity contribution in [1.82, 2.24) is 19.5 Å². The topological polar surface area (TPSA) is 88.6 Å². The van der Waals surface area contributed by atoms with Crippen LogP contribution in [0.3, 0.4) is 0 Å². The summed E-state index contributed by atoms with van der Waals surface area (Å²) in [6, 6.07) is 5.00. The van der Waals surface area contributed by atoms with Gasteiger partial charge in [0.05, 0.1) is 12.1 Å². The van der Waals surface area contributed by atoms with Gasteiger partial charge in [0.2, 0.25) is 5.91 Å². The van der Waals surface area contributed by atoms with E-state index in [0.717, 1.165) is 23.9 Å². The highest BCUT2D eigenvalue weighted by atomic mass is 16.3. The Morgan fingerprint density at radius 1 is 1.38 bits per heavy atom. The summed E-state index contributed by atoms with van der Waals surface area (Å²) in [5.74, 6) is -0.300. The van der Waals surface area contributed by atoms with Crippen LogP contribution in [0.15, 0.2) is 29.2 Å². The van der Waals surface area contributed by atoms with Crippen LogP contribution < -0.4 is 11.0 Å². The molecule has 0 unspecified atom stereocenters. The highest BCUT2D eigenvalue weighted by molar-refractivity contribution is 5.76. The minimum atomic E-state index is -0.500. The summed E-state index contributed by atoms with van der Waals surface area (Å²) >= 11 is 0. The van der Waals surface area contributed by atoms with Crippen molar-refractivity contribution in [2.75, 3.05) is 0 Å². The zero-order valence-electron chi connectivity index (χ0n) is 11.6. The first kappa shape index (κ1) is 13.8. The summed E-state index contributed by atoms with van der Waals surface area (Å²) in [6.45, 7) is -0.135. The van der Waals surface area contributed by atoms with Gasteiger partial charge in [-0.15, -0.1) is 5.10 Å². The quantitative estimate of drug-likeness (QED) is 0.827. The van der Waals surface area contributed by atoms with Crippen molar-refractivity contribution in [2.45, 2.75) is 44.4 Å². The molecular weight excluding hydrogens is 272 g/mol. The van der Waals surface area contributed by atoms with E-state index in [1.54, 1.807) is 24.4 Å². The number of hydrogen-bond acceptors (Lipinski definition) is 4. The highest BCUT2D eigenvalue weighted by Gasteiger charge is 2.24. The Morgan fingerprint density at radius 2 is 2.19 bits per heavy atom. The predicted molar refractivity (Wildman–Crippen MR) is 75.9 cm³/mol. The lowest BCUT2D eigenvalue weighted by Crippen LogP contribution is -2.46. The molecule has 0 radical (unpaired) electrons. The first-order chi connectivity index (χ1) is 10.1. The molecule has 0 aromatic carbocycles. The molecule has 3 rings (SSSR count). The third-order valence-electron chi connectivity index (χ3n) is 3.86. The van der Waals surface area contributed by atoms with Gasteiger partial charge in [-0.2, -0.15) is 0 Å². The van der Waals surface area contributed by atoms with Gasteiger partial charge in [-0.1, -0.05) is 18.9 Å². The largest absolute Gasteiger partial charge is 0.391 e. The number of nitrogens with zero attached hydrogens (tertiary/aromatic N) is 3. The molecule has 2 N–H and O–H groups in total. The van der Waals surface area contributed by atoms with Crippen LogP contribution in [0.5, 0.6) is 0 Å². The van der Waals surface area contributed by atoms with Crippen molar-refractivity contribution in [3.8, 4) is 0 Å². The van der Waals surface area contributed by atoms with Crippen LogP contribution in [0.1, 0.15) is 25.7 Å². The summed E-state index contributed by atoms with van der Waals surface area (Å²) in [4.78, 5) is 24.1. The van der Waals surface area contributed by atoms with Gasteiger partial charge >= 0.3 is 5.69 Å². The van der Waals surface area contributed by atoms with Crippen LogP contribution in [0.2, 0.25) is 0 Å². The van der Waals surface area contributed by atoms with E-state index in [1.165, 1.54) is 4.40 Å². The molecule has 1 amide bonds. The number of aliphatic hydroxyl groups is 1. The second kappa shape index (κ2) is 5.69. The number of fused-ring (bicyclic) bond motifs is 1. The Hall–Kier alpha value is -2.15. The zero-order valence-corrected chi connectivity index (χ0v) is 11.6. The number of nitrogens with one attached hydrogen (secondary N) is 1. The van der Waals surface area contributed by atoms with Crippen molar-refractivity contribution < 1.29 is 9.90 Å². The average Bonchev–Trinajstić information content (AvgIpc) is 2.78. The van der Waals surface area contributed by atoms with Gasteiger partial charge in [0.15, 0.2) is 5.65 Å². The van der Waals surface area contributed by atoms with Crippen LogP contribution in [0.4, 0.5) is 0 Å². The maximum absolute atomic E-state index is 12.1. The molecule has 0 aliphatic heterocycles. The van der Waals surface area contributed by atoms with Crippen LogP contribution in [-0.4, -0.2) is 37.3 Å². The Labute approximate surface area is 121 Å². The molecule has 0 saturated heterocycles. The van der Waals surface area contributed by atoms with Gasteiger partial charge in [-0.3, -0.25) is 9.20 Å². The molecule has 2 aromatic rings. The predicted octanol–water partition coefficient (Wildman–Crippen LogP) is -0.0843. The lowest BCUT2D eigenvalue weighted by Gasteiger charge is -2.28. The summed E-state index contributed by atoms with van der Waals surface area (Å²) in [7, 11) is 0. The van der Waals surface area contributed by atoms with E-state index in [9.17, 15) is 14.7 Å². The van der Waals surface area contributed by atoms with Crippen LogP contribution in [0.25, 0.3) is 5.65 Å². The molecule has 1 saturated carbocycles. The second-order valence-corrected chi connectivity index (χ2v) is 5.39. The molecule has 2 aromatic heterocycles. The van der Waals surface area contributed by atoms with Crippen LogP contribution in [0, 0.1) is 0 Å². The van der Waals surface area contributed by atoms with Gasteiger partial charge < -0.3 is 10.4 Å². The number of aromatic nitrogens is 3. The molecule has 7 nitrogen and oxygen atoms in total. The average molecular weight is 290 g/mol. The number of hydrogen-bond donors (Lipinski definition) is 2. The standard InChI is InChI=1S/C14H18N4O3/c19-11-6-2-1-5-10(11)15-13(20)9-18-14(21)17-8-4-3-7-12(17)16-18/h3-4,7-8,10-11,19H,1-2,5-6,9H2,(H,15,20)/t10-,11-/m1/s1. The van der Waals surface area contributed by atoms with E-state index >= 15 is 0 Å². The molecule has 1 aliphatic rings. The Morgan fingerprint density at radius 3 is 2.95 bits per heavy atom. The smallest absolute Gasteiger partial charge is 0.350 e. The van der Waals surface area contributed by atoms with Gasteiger partial charge in [-0.25, -0.2) is 9.48 Å². The van der Waals surface area contributed by atoms with Crippen molar-refractivity contribution >= 4 is 11.6 Å². The molecule has 1 fully saturated rings. The van der Waals surface area contributed by atoms with E-state index in [4.69, 9.17) is 0 Å². The lowest BCUT2D eigenvalue weighted by atomic mass is 9.92. The third kappa shape index (κ3) is 2.82. The van der Waals surface area contributed by atoms with Gasteiger partial charge in [0, 0.05) is 6.20 Å². The number of aliphatic hydroxyl groups excluding tert-OH is 1. The molecule has 2 heterocycles. The lowest BCUT2D eigenvalue weighted by molar-refractivity contribution is -0.123. The molecule has 2 atom stereocenters.